The van der Waals surface area contributed by atoms with E-state index in [4.69, 9.17) is 4.74 Å². The zero-order chi connectivity index (χ0) is 21.5. The van der Waals surface area contributed by atoms with Gasteiger partial charge in [0.25, 0.3) is 0 Å². The molecule has 3 N–H and O–H groups in total. The van der Waals surface area contributed by atoms with Gasteiger partial charge < -0.3 is 20.4 Å². The van der Waals surface area contributed by atoms with Gasteiger partial charge in [0.1, 0.15) is 5.82 Å². The minimum atomic E-state index is -0.224. The van der Waals surface area contributed by atoms with Crippen molar-refractivity contribution in [2.75, 3.05) is 39.9 Å². The number of halogens is 2. The van der Waals surface area contributed by atoms with Crippen LogP contribution in [0.4, 0.5) is 4.39 Å². The third-order valence-corrected chi connectivity index (χ3v) is 5.60. The Morgan fingerprint density at radius 3 is 2.75 bits per heavy atom. The first-order chi connectivity index (χ1) is 15.2. The van der Waals surface area contributed by atoms with Crippen LogP contribution in [0, 0.1) is 5.82 Å². The van der Waals surface area contributed by atoms with E-state index in [1.54, 1.807) is 7.05 Å². The van der Waals surface area contributed by atoms with Crippen molar-refractivity contribution in [3.63, 3.8) is 0 Å². The summed E-state index contributed by atoms with van der Waals surface area (Å²) in [5, 5.41) is 7.81. The lowest BCUT2D eigenvalue weighted by atomic mass is 10.1. The molecule has 1 aliphatic heterocycles. The Hall–Kier alpha value is -2.17. The van der Waals surface area contributed by atoms with E-state index in [1.165, 1.54) is 23.3 Å². The first-order valence-corrected chi connectivity index (χ1v) is 10.8. The Balaban J connectivity index is 0.00000289. The number of H-pyrrole nitrogens is 1. The lowest BCUT2D eigenvalue weighted by Crippen LogP contribution is -2.38. The van der Waals surface area contributed by atoms with Gasteiger partial charge in [0, 0.05) is 56.9 Å². The molecule has 0 radical (unpaired) electrons. The van der Waals surface area contributed by atoms with Crippen molar-refractivity contribution in [1.82, 2.24) is 20.5 Å². The van der Waals surface area contributed by atoms with Crippen molar-refractivity contribution in [1.29, 1.82) is 0 Å². The second kappa shape index (κ2) is 12.2. The van der Waals surface area contributed by atoms with E-state index < -0.39 is 0 Å². The summed E-state index contributed by atoms with van der Waals surface area (Å²) in [5.41, 5.74) is 4.54. The molecule has 1 saturated heterocycles. The van der Waals surface area contributed by atoms with Crippen LogP contribution in [-0.4, -0.2) is 55.7 Å². The van der Waals surface area contributed by atoms with Crippen molar-refractivity contribution in [2.45, 2.75) is 19.5 Å². The largest absolute Gasteiger partial charge is 0.379 e. The number of aromatic nitrogens is 1. The minimum Gasteiger partial charge on any atom is -0.379 e. The molecule has 172 valence electrons. The van der Waals surface area contributed by atoms with Crippen LogP contribution in [0.3, 0.4) is 0 Å². The average molecular weight is 551 g/mol. The van der Waals surface area contributed by atoms with E-state index in [0.717, 1.165) is 68.2 Å². The number of ether oxygens (including phenoxy) is 1. The second-order valence-electron chi connectivity index (χ2n) is 7.81. The molecule has 0 amide bonds. The molecular weight excluding hydrogens is 520 g/mol. The first kappa shape index (κ1) is 24.5. The van der Waals surface area contributed by atoms with Crippen molar-refractivity contribution >= 4 is 40.8 Å². The van der Waals surface area contributed by atoms with Crippen LogP contribution in [0.1, 0.15) is 16.7 Å². The Kier molecular flexibility index (Phi) is 9.31. The van der Waals surface area contributed by atoms with Gasteiger partial charge in [0.15, 0.2) is 5.96 Å². The average Bonchev–Trinajstić information content (AvgIpc) is 3.19. The summed E-state index contributed by atoms with van der Waals surface area (Å²) in [6, 6.07) is 13.5. The number of aromatic amines is 1. The maximum atomic E-state index is 13.4. The van der Waals surface area contributed by atoms with Crippen LogP contribution in [-0.2, 0) is 24.2 Å². The summed E-state index contributed by atoms with van der Waals surface area (Å²) in [5.74, 6) is 0.544. The maximum Gasteiger partial charge on any atom is 0.191 e. The number of hydrogen-bond donors (Lipinski definition) is 3. The van der Waals surface area contributed by atoms with Gasteiger partial charge in [-0.05, 0) is 41.3 Å². The van der Waals surface area contributed by atoms with E-state index in [9.17, 15) is 4.39 Å². The molecule has 1 aliphatic rings. The highest BCUT2D eigenvalue weighted by atomic mass is 127. The van der Waals surface area contributed by atoms with Crippen LogP contribution in [0.2, 0.25) is 0 Å². The third-order valence-electron chi connectivity index (χ3n) is 5.60. The highest BCUT2D eigenvalue weighted by molar-refractivity contribution is 14.0. The summed E-state index contributed by atoms with van der Waals surface area (Å²) in [6.07, 6.45) is 2.77. The van der Waals surface area contributed by atoms with Gasteiger partial charge in [0.05, 0.1) is 13.2 Å². The second-order valence-corrected chi connectivity index (χ2v) is 7.81. The van der Waals surface area contributed by atoms with Crippen molar-refractivity contribution in [3.05, 3.63) is 71.2 Å². The molecule has 0 spiro atoms. The number of rotatable bonds is 7. The molecule has 0 atom stereocenters. The molecular formula is C24H31FIN5O. The van der Waals surface area contributed by atoms with Gasteiger partial charge in [-0.2, -0.15) is 0 Å². The number of fused-ring (bicyclic) bond motifs is 1. The van der Waals surface area contributed by atoms with Gasteiger partial charge in [-0.15, -0.1) is 24.0 Å². The quantitative estimate of drug-likeness (QED) is 0.238. The normalized spacial score (nSPS) is 14.9. The number of aliphatic imine (C=N–C) groups is 1. The van der Waals surface area contributed by atoms with Crippen molar-refractivity contribution in [2.24, 2.45) is 4.99 Å². The molecule has 2 heterocycles. The molecule has 32 heavy (non-hydrogen) atoms. The van der Waals surface area contributed by atoms with Gasteiger partial charge in [-0.3, -0.25) is 9.89 Å². The van der Waals surface area contributed by atoms with Crippen LogP contribution in [0.5, 0.6) is 0 Å². The molecule has 8 heteroatoms. The number of nitrogens with one attached hydrogen (secondary N) is 3. The number of morpholine rings is 1. The third kappa shape index (κ3) is 6.66. The zero-order valence-corrected chi connectivity index (χ0v) is 20.7. The molecule has 2 aromatic carbocycles. The minimum absolute atomic E-state index is 0. The highest BCUT2D eigenvalue weighted by Gasteiger charge is 2.11. The van der Waals surface area contributed by atoms with Crippen LogP contribution < -0.4 is 10.6 Å². The van der Waals surface area contributed by atoms with Gasteiger partial charge in [0.2, 0.25) is 0 Å². The van der Waals surface area contributed by atoms with Crippen molar-refractivity contribution < 1.29 is 9.13 Å². The van der Waals surface area contributed by atoms with Crippen molar-refractivity contribution in [3.8, 4) is 0 Å². The number of benzene rings is 2. The van der Waals surface area contributed by atoms with E-state index in [2.05, 4.69) is 49.8 Å². The van der Waals surface area contributed by atoms with Crippen LogP contribution >= 0.6 is 24.0 Å². The highest BCUT2D eigenvalue weighted by Crippen LogP contribution is 2.19. The molecule has 6 nitrogen and oxygen atoms in total. The molecule has 0 aliphatic carbocycles. The predicted molar refractivity (Wildman–Crippen MR) is 138 cm³/mol. The Bertz CT molecular complexity index is 1030. The standard InChI is InChI=1S/C24H30FN5O.HI/c1-26-24(27-8-7-20-16-28-23-14-21(25)5-6-22(20)23)29-15-18-3-2-4-19(13-18)17-30-9-11-31-12-10-30;/h2-6,13-14,16,28H,7-12,15,17H2,1H3,(H2,26,27,29);1H. The fourth-order valence-corrected chi connectivity index (χ4v) is 3.94. The Morgan fingerprint density at radius 2 is 1.94 bits per heavy atom. The number of nitrogens with zero attached hydrogens (tertiary/aromatic N) is 2. The summed E-state index contributed by atoms with van der Waals surface area (Å²) in [6.45, 7) is 6.02. The van der Waals surface area contributed by atoms with E-state index in [1.807, 2.05) is 12.3 Å². The SMILES string of the molecule is CN=C(NCCc1c[nH]c2cc(F)ccc12)NCc1cccc(CN2CCOCC2)c1.I. The molecule has 4 rings (SSSR count). The number of guanidine groups is 1. The molecule has 0 saturated carbocycles. The smallest absolute Gasteiger partial charge is 0.191 e. The summed E-state index contributed by atoms with van der Waals surface area (Å²) in [7, 11) is 1.78. The van der Waals surface area contributed by atoms with Gasteiger partial charge in [-0.1, -0.05) is 24.3 Å². The maximum absolute atomic E-state index is 13.4. The monoisotopic (exact) mass is 551 g/mol. The van der Waals surface area contributed by atoms with E-state index in [-0.39, 0.29) is 29.8 Å². The zero-order valence-electron chi connectivity index (χ0n) is 18.4. The lowest BCUT2D eigenvalue weighted by molar-refractivity contribution is 0.0342. The topological polar surface area (TPSA) is 64.7 Å². The first-order valence-electron chi connectivity index (χ1n) is 10.8. The summed E-state index contributed by atoms with van der Waals surface area (Å²) >= 11 is 0. The van der Waals surface area contributed by atoms with Gasteiger partial charge in [-0.25, -0.2) is 4.39 Å². The van der Waals surface area contributed by atoms with Crippen LogP contribution in [0.25, 0.3) is 10.9 Å². The molecule has 0 unspecified atom stereocenters. The van der Waals surface area contributed by atoms with Crippen LogP contribution in [0.15, 0.2) is 53.7 Å². The number of hydrogen-bond acceptors (Lipinski definition) is 3. The molecule has 1 aromatic heterocycles. The predicted octanol–water partition coefficient (Wildman–Crippen LogP) is 3.66. The van der Waals surface area contributed by atoms with E-state index >= 15 is 0 Å². The molecule has 3 aromatic rings. The van der Waals surface area contributed by atoms with Gasteiger partial charge >= 0.3 is 0 Å². The lowest BCUT2D eigenvalue weighted by Gasteiger charge is -2.26. The Morgan fingerprint density at radius 1 is 1.12 bits per heavy atom. The summed E-state index contributed by atoms with van der Waals surface area (Å²) < 4.78 is 18.8. The fourth-order valence-electron chi connectivity index (χ4n) is 3.94. The molecule has 0 bridgehead atoms. The van der Waals surface area contributed by atoms with E-state index in [0.29, 0.717) is 6.54 Å². The fraction of sp³-hybridized carbons (Fsp3) is 0.375. The molecule has 1 fully saturated rings. The summed E-state index contributed by atoms with van der Waals surface area (Å²) in [4.78, 5) is 9.89. The Labute approximate surface area is 205 Å².